The minimum Gasteiger partial charge on any atom is -0.480 e. The molecule has 1 atom stereocenters. The maximum atomic E-state index is 12.5. The summed E-state index contributed by atoms with van der Waals surface area (Å²) in [4.78, 5) is 27.4. The van der Waals surface area contributed by atoms with Gasteiger partial charge in [0.2, 0.25) is 5.91 Å². The van der Waals surface area contributed by atoms with Gasteiger partial charge in [0, 0.05) is 19.1 Å². The summed E-state index contributed by atoms with van der Waals surface area (Å²) in [5.74, 6) is -0.734. The number of likely N-dealkylation sites (tertiary alicyclic amines) is 1. The fourth-order valence-corrected chi connectivity index (χ4v) is 3.60. The predicted octanol–water partition coefficient (Wildman–Crippen LogP) is 2.55. The molecule has 0 radical (unpaired) electrons. The molecular formula is C20H32ClN3O3. The number of carboxylic acids is 1. The number of likely N-dealkylation sites (N-methyl/N-ethyl adjacent to an activating group) is 1. The van der Waals surface area contributed by atoms with Gasteiger partial charge in [-0.05, 0) is 31.9 Å². The fourth-order valence-electron chi connectivity index (χ4n) is 3.60. The van der Waals surface area contributed by atoms with Gasteiger partial charge >= 0.3 is 5.97 Å². The van der Waals surface area contributed by atoms with Gasteiger partial charge in [-0.25, -0.2) is 0 Å². The van der Waals surface area contributed by atoms with E-state index in [4.69, 9.17) is 5.11 Å². The van der Waals surface area contributed by atoms with Crippen LogP contribution in [0, 0.1) is 0 Å². The number of nitrogens with zero attached hydrogens (tertiary/aromatic N) is 2. The lowest BCUT2D eigenvalue weighted by molar-refractivity contribution is -0.138. The highest BCUT2D eigenvalue weighted by Crippen LogP contribution is 2.19. The molecule has 1 saturated heterocycles. The van der Waals surface area contributed by atoms with E-state index in [0.29, 0.717) is 6.54 Å². The third kappa shape index (κ3) is 7.87. The number of piperidine rings is 1. The number of carbonyl (C=O) groups is 2. The Kier molecular flexibility index (Phi) is 10.4. The second kappa shape index (κ2) is 12.0. The Morgan fingerprint density at radius 2 is 1.89 bits per heavy atom. The van der Waals surface area contributed by atoms with E-state index >= 15 is 0 Å². The van der Waals surface area contributed by atoms with Crippen molar-refractivity contribution in [2.75, 3.05) is 33.2 Å². The number of nitrogens with one attached hydrogen (secondary N) is 1. The highest BCUT2D eigenvalue weighted by atomic mass is 35.5. The summed E-state index contributed by atoms with van der Waals surface area (Å²) in [5.41, 5.74) is 1.15. The summed E-state index contributed by atoms with van der Waals surface area (Å²) in [6.45, 7) is 4.25. The quantitative estimate of drug-likeness (QED) is 0.670. The van der Waals surface area contributed by atoms with Crippen molar-refractivity contribution in [3.05, 3.63) is 35.9 Å². The van der Waals surface area contributed by atoms with Gasteiger partial charge in [0.05, 0.1) is 19.1 Å². The van der Waals surface area contributed by atoms with E-state index in [2.05, 4.69) is 29.3 Å². The summed E-state index contributed by atoms with van der Waals surface area (Å²) < 4.78 is 0. The molecule has 0 aromatic heterocycles. The molecule has 2 N–H and O–H groups in total. The van der Waals surface area contributed by atoms with Crippen LogP contribution in [-0.2, 0) is 9.59 Å². The molecule has 0 spiro atoms. The Hall–Kier alpha value is -1.63. The molecule has 0 bridgehead atoms. The molecule has 1 unspecified atom stereocenters. The molecule has 1 fully saturated rings. The van der Waals surface area contributed by atoms with Gasteiger partial charge in [-0.2, -0.15) is 0 Å². The van der Waals surface area contributed by atoms with Crippen LogP contribution >= 0.6 is 12.4 Å². The second-order valence-corrected chi connectivity index (χ2v) is 7.14. The van der Waals surface area contributed by atoms with Crippen LogP contribution in [0.3, 0.4) is 0 Å². The van der Waals surface area contributed by atoms with Crippen molar-refractivity contribution in [2.45, 2.75) is 44.7 Å². The molecule has 1 aromatic rings. The minimum atomic E-state index is -0.794. The van der Waals surface area contributed by atoms with Crippen LogP contribution in [0.25, 0.3) is 0 Å². The SMILES string of the molecule is CCCC(NC(=O)CN1CCC(N(C)CC(=O)O)CC1)c1ccccc1.Cl. The van der Waals surface area contributed by atoms with E-state index in [1.54, 1.807) is 0 Å². The first-order chi connectivity index (χ1) is 12.5. The standard InChI is InChI=1S/C20H31N3O3.ClH/c1-3-7-18(16-8-5-4-6-9-16)21-19(24)14-23-12-10-17(11-13-23)22(2)15-20(25)26;/h4-6,8-9,17-18H,3,7,10-15H2,1-2H3,(H,21,24)(H,25,26);1H. The Bertz CT molecular complexity index is 577. The van der Waals surface area contributed by atoms with E-state index < -0.39 is 5.97 Å². The molecule has 27 heavy (non-hydrogen) atoms. The van der Waals surface area contributed by atoms with Crippen LogP contribution in [0.5, 0.6) is 0 Å². The highest BCUT2D eigenvalue weighted by molar-refractivity contribution is 5.85. The molecule has 0 aliphatic carbocycles. The van der Waals surface area contributed by atoms with Gasteiger partial charge in [0.1, 0.15) is 0 Å². The number of halogens is 1. The van der Waals surface area contributed by atoms with Gasteiger partial charge in [0.15, 0.2) is 0 Å². The number of benzene rings is 1. The molecular weight excluding hydrogens is 366 g/mol. The average Bonchev–Trinajstić information content (AvgIpc) is 2.62. The van der Waals surface area contributed by atoms with Crippen molar-refractivity contribution in [1.29, 1.82) is 0 Å². The molecule has 1 heterocycles. The average molecular weight is 398 g/mol. The van der Waals surface area contributed by atoms with E-state index in [1.807, 2.05) is 30.1 Å². The first-order valence-electron chi connectivity index (χ1n) is 9.48. The van der Waals surface area contributed by atoms with Crippen molar-refractivity contribution in [3.63, 3.8) is 0 Å². The smallest absolute Gasteiger partial charge is 0.317 e. The first-order valence-corrected chi connectivity index (χ1v) is 9.48. The summed E-state index contributed by atoms with van der Waals surface area (Å²) in [6, 6.07) is 10.5. The molecule has 1 aliphatic rings. The lowest BCUT2D eigenvalue weighted by atomic mass is 10.0. The topological polar surface area (TPSA) is 72.9 Å². The van der Waals surface area contributed by atoms with Gasteiger partial charge in [-0.15, -0.1) is 12.4 Å². The number of hydrogen-bond donors (Lipinski definition) is 2. The van der Waals surface area contributed by atoms with E-state index in [0.717, 1.165) is 44.3 Å². The Morgan fingerprint density at radius 1 is 1.26 bits per heavy atom. The van der Waals surface area contributed by atoms with Crippen LogP contribution in [0.15, 0.2) is 30.3 Å². The Morgan fingerprint density at radius 3 is 2.44 bits per heavy atom. The molecule has 1 amide bonds. The van der Waals surface area contributed by atoms with Crippen LogP contribution in [0.1, 0.15) is 44.2 Å². The Balaban J connectivity index is 0.00000364. The van der Waals surface area contributed by atoms with Crippen LogP contribution in [0.2, 0.25) is 0 Å². The number of carbonyl (C=O) groups excluding carboxylic acids is 1. The maximum Gasteiger partial charge on any atom is 0.317 e. The van der Waals surface area contributed by atoms with Gasteiger partial charge < -0.3 is 10.4 Å². The van der Waals surface area contributed by atoms with Crippen molar-refractivity contribution in [1.82, 2.24) is 15.1 Å². The summed E-state index contributed by atoms with van der Waals surface area (Å²) in [7, 11) is 1.86. The minimum absolute atomic E-state index is 0. The zero-order chi connectivity index (χ0) is 18.9. The third-order valence-corrected chi connectivity index (χ3v) is 5.05. The van der Waals surface area contributed by atoms with Crippen molar-refractivity contribution >= 4 is 24.3 Å². The Labute approximate surface area is 168 Å². The monoisotopic (exact) mass is 397 g/mol. The zero-order valence-corrected chi connectivity index (χ0v) is 17.1. The largest absolute Gasteiger partial charge is 0.480 e. The molecule has 0 saturated carbocycles. The number of rotatable bonds is 9. The van der Waals surface area contributed by atoms with Crippen molar-refractivity contribution in [2.24, 2.45) is 0 Å². The number of hydrogen-bond acceptors (Lipinski definition) is 4. The van der Waals surface area contributed by atoms with E-state index in [9.17, 15) is 9.59 Å². The number of aliphatic carboxylic acids is 1. The van der Waals surface area contributed by atoms with Crippen LogP contribution in [0.4, 0.5) is 0 Å². The second-order valence-electron chi connectivity index (χ2n) is 7.14. The fraction of sp³-hybridized carbons (Fsp3) is 0.600. The first kappa shape index (κ1) is 23.4. The van der Waals surface area contributed by atoms with Gasteiger partial charge in [0.25, 0.3) is 0 Å². The lowest BCUT2D eigenvalue weighted by Gasteiger charge is -2.36. The molecule has 1 aliphatic heterocycles. The molecule has 1 aromatic carbocycles. The van der Waals surface area contributed by atoms with Crippen LogP contribution in [-0.4, -0.2) is 66.1 Å². The highest BCUT2D eigenvalue weighted by Gasteiger charge is 2.25. The molecule has 2 rings (SSSR count). The third-order valence-electron chi connectivity index (χ3n) is 5.05. The van der Waals surface area contributed by atoms with E-state index in [-0.39, 0.29) is 36.9 Å². The van der Waals surface area contributed by atoms with Gasteiger partial charge in [-0.3, -0.25) is 19.4 Å². The normalized spacial score (nSPS) is 16.6. The lowest BCUT2D eigenvalue weighted by Crippen LogP contribution is -2.47. The molecule has 7 heteroatoms. The molecule has 152 valence electrons. The van der Waals surface area contributed by atoms with E-state index in [1.165, 1.54) is 0 Å². The summed E-state index contributed by atoms with van der Waals surface area (Å²) >= 11 is 0. The number of carboxylic acid groups (broad SMARTS) is 1. The van der Waals surface area contributed by atoms with Crippen LogP contribution < -0.4 is 5.32 Å². The summed E-state index contributed by atoms with van der Waals surface area (Å²) in [5, 5.41) is 12.1. The number of amides is 1. The van der Waals surface area contributed by atoms with Crippen molar-refractivity contribution < 1.29 is 14.7 Å². The van der Waals surface area contributed by atoms with Crippen molar-refractivity contribution in [3.8, 4) is 0 Å². The predicted molar refractivity (Wildman–Crippen MR) is 109 cm³/mol. The van der Waals surface area contributed by atoms with Gasteiger partial charge in [-0.1, -0.05) is 43.7 Å². The summed E-state index contributed by atoms with van der Waals surface area (Å²) in [6.07, 6.45) is 3.74. The molecule has 6 nitrogen and oxygen atoms in total. The zero-order valence-electron chi connectivity index (χ0n) is 16.3. The maximum absolute atomic E-state index is 12.5.